The number of Topliss-reactive ketones (excluding diaryl/α,β-unsaturated/α-hetero) is 1. The number of carbonyl (C=O) groups excluding carboxylic acids is 1. The van der Waals surface area contributed by atoms with Crippen LogP contribution in [0.5, 0.6) is 5.75 Å². The van der Waals surface area contributed by atoms with Crippen LogP contribution in [0.15, 0.2) is 36.5 Å². The molecule has 2 atom stereocenters. The molecule has 1 fully saturated rings. The van der Waals surface area contributed by atoms with E-state index in [9.17, 15) is 18.0 Å². The van der Waals surface area contributed by atoms with Crippen molar-refractivity contribution in [3.05, 3.63) is 47.9 Å². The number of alkyl halides is 3. The summed E-state index contributed by atoms with van der Waals surface area (Å²) in [5.41, 5.74) is 1.07. The van der Waals surface area contributed by atoms with Crippen molar-refractivity contribution in [2.45, 2.75) is 44.9 Å². The van der Waals surface area contributed by atoms with E-state index in [0.717, 1.165) is 11.8 Å². The van der Waals surface area contributed by atoms with Gasteiger partial charge in [0.2, 0.25) is 5.82 Å². The Balaban J connectivity index is 1.60. The van der Waals surface area contributed by atoms with Crippen LogP contribution in [-0.2, 0) is 11.0 Å². The summed E-state index contributed by atoms with van der Waals surface area (Å²) in [6.45, 7) is 4.60. The van der Waals surface area contributed by atoms with E-state index in [1.165, 1.54) is 6.07 Å². The third kappa shape index (κ3) is 4.99. The van der Waals surface area contributed by atoms with Crippen LogP contribution in [-0.4, -0.2) is 34.9 Å². The number of carbonyl (C=O) groups is 1. The van der Waals surface area contributed by atoms with Crippen molar-refractivity contribution in [2.24, 2.45) is 0 Å². The molecule has 0 N–H and O–H groups in total. The SMILES string of the molecule is CC(=O)C[C@@H](C)c1ccc(O[C@@H]2CCN(c3ccnc(C(F)(F)F)n3)C2)cc1. The maximum absolute atomic E-state index is 12.8. The summed E-state index contributed by atoms with van der Waals surface area (Å²) in [7, 11) is 0. The highest BCUT2D eigenvalue weighted by molar-refractivity contribution is 5.76. The van der Waals surface area contributed by atoms with Crippen LogP contribution in [0.2, 0.25) is 0 Å². The molecule has 5 nitrogen and oxygen atoms in total. The average molecular weight is 393 g/mol. The van der Waals surface area contributed by atoms with Gasteiger partial charge in [0.1, 0.15) is 23.5 Å². The van der Waals surface area contributed by atoms with Crippen molar-refractivity contribution in [3.63, 3.8) is 0 Å². The molecule has 8 heteroatoms. The maximum Gasteiger partial charge on any atom is 0.451 e. The van der Waals surface area contributed by atoms with Crippen LogP contribution in [0.25, 0.3) is 0 Å². The Morgan fingerprint density at radius 2 is 2.00 bits per heavy atom. The first-order valence-corrected chi connectivity index (χ1v) is 9.13. The summed E-state index contributed by atoms with van der Waals surface area (Å²) in [6, 6.07) is 9.08. The Kier molecular flexibility index (Phi) is 5.86. The molecule has 0 amide bonds. The monoisotopic (exact) mass is 393 g/mol. The number of anilines is 1. The van der Waals surface area contributed by atoms with E-state index in [1.807, 2.05) is 31.2 Å². The molecule has 0 bridgehead atoms. The Bertz CT molecular complexity index is 824. The van der Waals surface area contributed by atoms with Gasteiger partial charge < -0.3 is 14.4 Å². The highest BCUT2D eigenvalue weighted by Gasteiger charge is 2.35. The molecule has 0 saturated carbocycles. The molecule has 0 radical (unpaired) electrons. The molecule has 1 aromatic heterocycles. The Labute approximate surface area is 161 Å². The van der Waals surface area contributed by atoms with Gasteiger partial charge in [-0.05, 0) is 36.6 Å². The first-order chi connectivity index (χ1) is 13.2. The predicted octanol–water partition coefficient (Wildman–Crippen LogP) is 4.24. The number of hydrogen-bond donors (Lipinski definition) is 0. The highest BCUT2D eigenvalue weighted by Crippen LogP contribution is 2.29. The molecule has 1 aliphatic heterocycles. The van der Waals surface area contributed by atoms with Crippen LogP contribution in [0.3, 0.4) is 0 Å². The Morgan fingerprint density at radius 1 is 1.29 bits per heavy atom. The van der Waals surface area contributed by atoms with Gasteiger partial charge in [0.15, 0.2) is 0 Å². The van der Waals surface area contributed by atoms with Crippen molar-refractivity contribution in [2.75, 3.05) is 18.0 Å². The minimum atomic E-state index is -4.56. The van der Waals surface area contributed by atoms with Crippen molar-refractivity contribution in [1.29, 1.82) is 0 Å². The molecule has 3 rings (SSSR count). The number of aromatic nitrogens is 2. The maximum atomic E-state index is 12.8. The topological polar surface area (TPSA) is 55.3 Å². The van der Waals surface area contributed by atoms with E-state index in [0.29, 0.717) is 31.7 Å². The Hall–Kier alpha value is -2.64. The van der Waals surface area contributed by atoms with Gasteiger partial charge in [0.25, 0.3) is 0 Å². The van der Waals surface area contributed by atoms with Gasteiger partial charge in [-0.2, -0.15) is 13.2 Å². The first kappa shape index (κ1) is 20.1. The molecular weight excluding hydrogens is 371 g/mol. The number of benzene rings is 1. The molecular formula is C20H22F3N3O2. The van der Waals surface area contributed by atoms with E-state index >= 15 is 0 Å². The molecule has 2 heterocycles. The van der Waals surface area contributed by atoms with Gasteiger partial charge in [-0.15, -0.1) is 0 Å². The summed E-state index contributed by atoms with van der Waals surface area (Å²) in [4.78, 5) is 19.9. The number of halogens is 3. The second kappa shape index (κ2) is 8.16. The lowest BCUT2D eigenvalue weighted by molar-refractivity contribution is -0.144. The van der Waals surface area contributed by atoms with Gasteiger partial charge in [-0.3, -0.25) is 0 Å². The van der Waals surface area contributed by atoms with E-state index in [2.05, 4.69) is 9.97 Å². The second-order valence-corrected chi connectivity index (χ2v) is 7.09. The molecule has 0 aliphatic carbocycles. The standard InChI is InChI=1S/C20H22F3N3O2/c1-13(11-14(2)27)15-3-5-16(6-4-15)28-17-8-10-26(12-17)18-7-9-24-19(25-18)20(21,22)23/h3-7,9,13,17H,8,10-12H2,1-2H3/t13-,17-/m1/s1. The van der Waals surface area contributed by atoms with Gasteiger partial charge >= 0.3 is 6.18 Å². The van der Waals surface area contributed by atoms with Crippen molar-refractivity contribution >= 4 is 11.6 Å². The van der Waals surface area contributed by atoms with Crippen LogP contribution >= 0.6 is 0 Å². The molecule has 28 heavy (non-hydrogen) atoms. The van der Waals surface area contributed by atoms with Gasteiger partial charge in [0.05, 0.1) is 6.54 Å². The summed E-state index contributed by atoms with van der Waals surface area (Å²) in [5.74, 6) is 0.113. The largest absolute Gasteiger partial charge is 0.489 e. The zero-order valence-corrected chi connectivity index (χ0v) is 15.7. The lowest BCUT2D eigenvalue weighted by Crippen LogP contribution is -2.26. The number of rotatable bonds is 6. The lowest BCUT2D eigenvalue weighted by Gasteiger charge is -2.19. The fraction of sp³-hybridized carbons (Fsp3) is 0.450. The van der Waals surface area contributed by atoms with Gasteiger partial charge in [0, 0.05) is 25.6 Å². The average Bonchev–Trinajstić information content (AvgIpc) is 3.10. The van der Waals surface area contributed by atoms with Crippen molar-refractivity contribution < 1.29 is 22.7 Å². The number of ketones is 1. The summed E-state index contributed by atoms with van der Waals surface area (Å²) in [6.07, 6.45) is -2.39. The molecule has 2 aromatic rings. The predicted molar refractivity (Wildman–Crippen MR) is 98.4 cm³/mol. The van der Waals surface area contributed by atoms with Crippen LogP contribution < -0.4 is 9.64 Å². The lowest BCUT2D eigenvalue weighted by atomic mass is 9.96. The number of nitrogens with zero attached hydrogens (tertiary/aromatic N) is 3. The third-order valence-electron chi connectivity index (χ3n) is 4.71. The Morgan fingerprint density at radius 3 is 2.64 bits per heavy atom. The number of hydrogen-bond acceptors (Lipinski definition) is 5. The minimum Gasteiger partial charge on any atom is -0.489 e. The van der Waals surface area contributed by atoms with Crippen LogP contribution in [0.4, 0.5) is 19.0 Å². The fourth-order valence-corrected chi connectivity index (χ4v) is 3.31. The van der Waals surface area contributed by atoms with Crippen molar-refractivity contribution in [1.82, 2.24) is 9.97 Å². The van der Waals surface area contributed by atoms with E-state index < -0.39 is 12.0 Å². The first-order valence-electron chi connectivity index (χ1n) is 9.13. The molecule has 1 saturated heterocycles. The summed E-state index contributed by atoms with van der Waals surface area (Å²) in [5, 5.41) is 0. The van der Waals surface area contributed by atoms with Gasteiger partial charge in [-0.25, -0.2) is 9.97 Å². The van der Waals surface area contributed by atoms with Gasteiger partial charge in [-0.1, -0.05) is 19.1 Å². The highest BCUT2D eigenvalue weighted by atomic mass is 19.4. The normalized spacial score (nSPS) is 18.2. The molecule has 1 aromatic carbocycles. The molecule has 150 valence electrons. The summed E-state index contributed by atoms with van der Waals surface area (Å²) < 4.78 is 44.3. The quantitative estimate of drug-likeness (QED) is 0.735. The third-order valence-corrected chi connectivity index (χ3v) is 4.71. The van der Waals surface area contributed by atoms with E-state index in [4.69, 9.17) is 4.74 Å². The van der Waals surface area contributed by atoms with Crippen LogP contribution in [0.1, 0.15) is 44.0 Å². The molecule has 1 aliphatic rings. The zero-order chi connectivity index (χ0) is 20.3. The smallest absolute Gasteiger partial charge is 0.451 e. The molecule has 0 spiro atoms. The number of ether oxygens (including phenoxy) is 1. The second-order valence-electron chi connectivity index (χ2n) is 7.09. The van der Waals surface area contributed by atoms with E-state index in [-0.39, 0.29) is 23.6 Å². The van der Waals surface area contributed by atoms with E-state index in [1.54, 1.807) is 11.8 Å². The van der Waals surface area contributed by atoms with Crippen molar-refractivity contribution in [3.8, 4) is 5.75 Å². The zero-order valence-electron chi connectivity index (χ0n) is 15.7. The summed E-state index contributed by atoms with van der Waals surface area (Å²) >= 11 is 0. The van der Waals surface area contributed by atoms with Crippen LogP contribution in [0, 0.1) is 0 Å². The fourth-order valence-electron chi connectivity index (χ4n) is 3.31. The molecule has 0 unspecified atom stereocenters. The minimum absolute atomic E-state index is 0.134.